The van der Waals surface area contributed by atoms with Crippen molar-refractivity contribution >= 4 is 5.84 Å². The minimum absolute atomic E-state index is 0.201. The maximum atomic E-state index is 8.49. The quantitative estimate of drug-likeness (QED) is 0.328. The van der Waals surface area contributed by atoms with E-state index >= 15 is 0 Å². The standard InChI is InChI=1S/C10H19N5O/c1-8(6-9(11)13-16)15(3)7-10-12-4-5-14(10)2/h4-5,8,16H,6-7H2,1-3H3,(H2,11,13). The molecule has 6 nitrogen and oxygen atoms in total. The van der Waals surface area contributed by atoms with Crippen LogP contribution in [0, 0.1) is 0 Å². The van der Waals surface area contributed by atoms with Crippen LogP contribution < -0.4 is 5.73 Å². The first-order chi connectivity index (χ1) is 7.54. The summed E-state index contributed by atoms with van der Waals surface area (Å²) in [5.74, 6) is 1.24. The van der Waals surface area contributed by atoms with Crippen molar-refractivity contribution in [1.82, 2.24) is 14.5 Å². The summed E-state index contributed by atoms with van der Waals surface area (Å²) in [4.78, 5) is 6.36. The Morgan fingerprint density at radius 3 is 2.94 bits per heavy atom. The highest BCUT2D eigenvalue weighted by atomic mass is 16.4. The predicted molar refractivity (Wildman–Crippen MR) is 62.2 cm³/mol. The maximum absolute atomic E-state index is 8.49. The topological polar surface area (TPSA) is 79.7 Å². The number of oxime groups is 1. The summed E-state index contributed by atoms with van der Waals surface area (Å²) in [7, 11) is 3.95. The molecule has 0 aliphatic carbocycles. The molecule has 0 amide bonds. The fraction of sp³-hybridized carbons (Fsp3) is 0.600. The highest BCUT2D eigenvalue weighted by Crippen LogP contribution is 2.06. The average Bonchev–Trinajstić information content (AvgIpc) is 2.64. The maximum Gasteiger partial charge on any atom is 0.140 e. The highest BCUT2D eigenvalue weighted by Gasteiger charge is 2.13. The average molecular weight is 225 g/mol. The van der Waals surface area contributed by atoms with Gasteiger partial charge in [0.05, 0.1) is 6.54 Å². The van der Waals surface area contributed by atoms with E-state index in [2.05, 4.69) is 15.0 Å². The Morgan fingerprint density at radius 1 is 1.75 bits per heavy atom. The van der Waals surface area contributed by atoms with Crippen LogP contribution in [0.5, 0.6) is 0 Å². The number of hydrogen-bond donors (Lipinski definition) is 2. The summed E-state index contributed by atoms with van der Waals surface area (Å²) in [6, 6.07) is 0.201. The Bertz CT molecular complexity index is 360. The van der Waals surface area contributed by atoms with E-state index in [0.29, 0.717) is 6.42 Å². The molecule has 1 unspecified atom stereocenters. The Kier molecular flexibility index (Phi) is 4.30. The van der Waals surface area contributed by atoms with Gasteiger partial charge in [0, 0.05) is 31.9 Å². The summed E-state index contributed by atoms with van der Waals surface area (Å²) in [6.45, 7) is 2.77. The molecule has 6 heteroatoms. The lowest BCUT2D eigenvalue weighted by Crippen LogP contribution is -2.33. The Morgan fingerprint density at radius 2 is 2.44 bits per heavy atom. The zero-order valence-corrected chi connectivity index (χ0v) is 9.96. The van der Waals surface area contributed by atoms with Crippen molar-refractivity contribution in [3.8, 4) is 0 Å². The summed E-state index contributed by atoms with van der Waals surface area (Å²) in [5, 5.41) is 11.5. The first kappa shape index (κ1) is 12.5. The molecule has 1 aromatic heterocycles. The van der Waals surface area contributed by atoms with Crippen LogP contribution >= 0.6 is 0 Å². The van der Waals surface area contributed by atoms with Crippen LogP contribution in [-0.4, -0.2) is 38.6 Å². The summed E-state index contributed by atoms with van der Waals surface area (Å²) >= 11 is 0. The zero-order chi connectivity index (χ0) is 12.1. The number of nitrogens with two attached hydrogens (primary N) is 1. The molecule has 16 heavy (non-hydrogen) atoms. The van der Waals surface area contributed by atoms with Crippen LogP contribution in [0.3, 0.4) is 0 Å². The minimum atomic E-state index is 0.201. The highest BCUT2D eigenvalue weighted by molar-refractivity contribution is 5.80. The second-order valence-electron chi connectivity index (χ2n) is 4.01. The SMILES string of the molecule is CC(CC(N)=NO)N(C)Cc1nccn1C. The third-order valence-corrected chi connectivity index (χ3v) is 2.70. The van der Waals surface area contributed by atoms with Crippen molar-refractivity contribution in [2.75, 3.05) is 7.05 Å². The number of nitrogens with zero attached hydrogens (tertiary/aromatic N) is 4. The Balaban J connectivity index is 2.52. The van der Waals surface area contributed by atoms with Crippen molar-refractivity contribution in [3.05, 3.63) is 18.2 Å². The molecule has 0 aliphatic rings. The smallest absolute Gasteiger partial charge is 0.140 e. The zero-order valence-electron chi connectivity index (χ0n) is 9.96. The van der Waals surface area contributed by atoms with Crippen molar-refractivity contribution in [2.45, 2.75) is 25.9 Å². The third-order valence-electron chi connectivity index (χ3n) is 2.70. The van der Waals surface area contributed by atoms with Crippen LogP contribution in [0.4, 0.5) is 0 Å². The molecule has 3 N–H and O–H groups in total. The van der Waals surface area contributed by atoms with Crippen molar-refractivity contribution in [3.63, 3.8) is 0 Å². The van der Waals surface area contributed by atoms with Crippen LogP contribution in [0.15, 0.2) is 17.5 Å². The van der Waals surface area contributed by atoms with E-state index in [9.17, 15) is 0 Å². The van der Waals surface area contributed by atoms with E-state index in [0.717, 1.165) is 12.4 Å². The molecule has 0 fully saturated rings. The molecular formula is C10H19N5O. The molecule has 1 atom stereocenters. The Labute approximate surface area is 95.4 Å². The number of imidazole rings is 1. The third kappa shape index (κ3) is 3.23. The van der Waals surface area contributed by atoms with Gasteiger partial charge in [-0.15, -0.1) is 0 Å². The van der Waals surface area contributed by atoms with Gasteiger partial charge in [0.15, 0.2) is 0 Å². The van der Waals surface area contributed by atoms with Gasteiger partial charge in [-0.05, 0) is 14.0 Å². The first-order valence-electron chi connectivity index (χ1n) is 5.17. The predicted octanol–water partition coefficient (Wildman–Crippen LogP) is 0.377. The summed E-state index contributed by atoms with van der Waals surface area (Å²) in [5.41, 5.74) is 5.47. The fourth-order valence-electron chi connectivity index (χ4n) is 1.43. The molecule has 0 saturated carbocycles. The van der Waals surface area contributed by atoms with E-state index in [-0.39, 0.29) is 11.9 Å². The van der Waals surface area contributed by atoms with E-state index in [1.807, 2.05) is 31.8 Å². The molecule has 1 heterocycles. The molecule has 0 aliphatic heterocycles. The van der Waals surface area contributed by atoms with Crippen LogP contribution in [0.1, 0.15) is 19.2 Å². The molecule has 90 valence electrons. The number of rotatable bonds is 5. The fourth-order valence-corrected chi connectivity index (χ4v) is 1.43. The number of aromatic nitrogens is 2. The van der Waals surface area contributed by atoms with Crippen molar-refractivity contribution in [1.29, 1.82) is 0 Å². The van der Waals surface area contributed by atoms with Gasteiger partial charge < -0.3 is 15.5 Å². The van der Waals surface area contributed by atoms with Crippen molar-refractivity contribution in [2.24, 2.45) is 17.9 Å². The second-order valence-corrected chi connectivity index (χ2v) is 4.01. The largest absolute Gasteiger partial charge is 0.409 e. The molecule has 0 aromatic carbocycles. The molecule has 0 spiro atoms. The van der Waals surface area contributed by atoms with Gasteiger partial charge in [0.2, 0.25) is 0 Å². The van der Waals surface area contributed by atoms with Gasteiger partial charge in [-0.1, -0.05) is 5.16 Å². The lowest BCUT2D eigenvalue weighted by atomic mass is 10.2. The first-order valence-corrected chi connectivity index (χ1v) is 5.17. The van der Waals surface area contributed by atoms with Gasteiger partial charge in [0.25, 0.3) is 0 Å². The van der Waals surface area contributed by atoms with Gasteiger partial charge in [-0.25, -0.2) is 4.98 Å². The van der Waals surface area contributed by atoms with E-state index < -0.39 is 0 Å². The lowest BCUT2D eigenvalue weighted by molar-refractivity contribution is 0.243. The van der Waals surface area contributed by atoms with Gasteiger partial charge >= 0.3 is 0 Å². The minimum Gasteiger partial charge on any atom is -0.409 e. The molecule has 0 bridgehead atoms. The monoisotopic (exact) mass is 225 g/mol. The van der Waals surface area contributed by atoms with Crippen LogP contribution in [0.2, 0.25) is 0 Å². The van der Waals surface area contributed by atoms with Gasteiger partial charge in [-0.2, -0.15) is 0 Å². The van der Waals surface area contributed by atoms with Crippen LogP contribution in [0.25, 0.3) is 0 Å². The van der Waals surface area contributed by atoms with E-state index in [1.54, 1.807) is 6.20 Å². The molecule has 0 radical (unpaired) electrons. The number of aryl methyl sites for hydroxylation is 1. The number of amidine groups is 1. The lowest BCUT2D eigenvalue weighted by Gasteiger charge is -2.23. The van der Waals surface area contributed by atoms with Crippen molar-refractivity contribution < 1.29 is 5.21 Å². The number of hydrogen-bond acceptors (Lipinski definition) is 4. The molecule has 1 aromatic rings. The molecular weight excluding hydrogens is 206 g/mol. The van der Waals surface area contributed by atoms with Gasteiger partial charge in [0.1, 0.15) is 11.7 Å². The summed E-state index contributed by atoms with van der Waals surface area (Å²) < 4.78 is 1.98. The normalized spacial score (nSPS) is 14.4. The Hall–Kier alpha value is -1.56. The van der Waals surface area contributed by atoms with E-state index in [1.165, 1.54) is 0 Å². The summed E-state index contributed by atoms with van der Waals surface area (Å²) in [6.07, 6.45) is 4.23. The molecule has 0 saturated heterocycles. The van der Waals surface area contributed by atoms with Gasteiger partial charge in [-0.3, -0.25) is 4.90 Å². The molecule has 1 rings (SSSR count). The van der Waals surface area contributed by atoms with E-state index in [4.69, 9.17) is 10.9 Å². The van der Waals surface area contributed by atoms with Crippen LogP contribution in [-0.2, 0) is 13.6 Å². The second kappa shape index (κ2) is 5.50.